The van der Waals surface area contributed by atoms with Gasteiger partial charge in [0.1, 0.15) is 5.76 Å². The smallest absolute Gasteiger partial charge is 0.360 e. The summed E-state index contributed by atoms with van der Waals surface area (Å²) >= 11 is 5.98. The highest BCUT2D eigenvalue weighted by atomic mass is 35.5. The Hall–Kier alpha value is -3.13. The zero-order valence-electron chi connectivity index (χ0n) is 16.3. The van der Waals surface area contributed by atoms with Crippen LogP contribution >= 0.6 is 11.6 Å². The molecule has 1 amide bonds. The van der Waals surface area contributed by atoms with Crippen molar-refractivity contribution >= 4 is 29.2 Å². The van der Waals surface area contributed by atoms with E-state index in [1.54, 1.807) is 31.2 Å². The summed E-state index contributed by atoms with van der Waals surface area (Å²) in [6, 6.07) is 6.89. The van der Waals surface area contributed by atoms with E-state index in [2.05, 4.69) is 20.3 Å². The number of carbonyl (C=O) groups is 2. The van der Waals surface area contributed by atoms with Crippen molar-refractivity contribution in [2.75, 3.05) is 11.9 Å². The van der Waals surface area contributed by atoms with Crippen LogP contribution in [-0.4, -0.2) is 33.4 Å². The number of carbonyl (C=O) groups excluding carboxylic acids is 2. The summed E-state index contributed by atoms with van der Waals surface area (Å²) in [6.07, 6.45) is 1.16. The molecule has 0 saturated heterocycles. The lowest BCUT2D eigenvalue weighted by molar-refractivity contribution is 0.0517. The van der Waals surface area contributed by atoms with E-state index in [1.807, 2.05) is 13.8 Å². The predicted molar refractivity (Wildman–Crippen MR) is 108 cm³/mol. The van der Waals surface area contributed by atoms with Crippen LogP contribution in [-0.2, 0) is 17.6 Å². The quantitative estimate of drug-likeness (QED) is 0.556. The van der Waals surface area contributed by atoms with Gasteiger partial charge in [-0.2, -0.15) is 0 Å². The van der Waals surface area contributed by atoms with Gasteiger partial charge in [-0.3, -0.25) is 4.79 Å². The van der Waals surface area contributed by atoms with Crippen molar-refractivity contribution in [2.24, 2.45) is 0 Å². The number of aryl methyl sites for hydroxylation is 2. The topological polar surface area (TPSA) is 110 Å². The predicted octanol–water partition coefficient (Wildman–Crippen LogP) is 4.27. The largest absolute Gasteiger partial charge is 0.461 e. The summed E-state index contributed by atoms with van der Waals surface area (Å²) in [5.74, 6) is 0.0286. The molecular formula is C20H21ClN4O4. The van der Waals surface area contributed by atoms with Crippen molar-refractivity contribution in [1.82, 2.24) is 15.0 Å². The fourth-order valence-electron chi connectivity index (χ4n) is 2.69. The second kappa shape index (κ2) is 8.91. The van der Waals surface area contributed by atoms with Crippen molar-refractivity contribution in [3.8, 4) is 11.5 Å². The maximum atomic E-state index is 12.3. The molecule has 0 bridgehead atoms. The number of hydrogen-bond donors (Lipinski definition) is 2. The molecule has 0 fully saturated rings. The number of aromatic nitrogens is 3. The first-order valence-electron chi connectivity index (χ1n) is 9.29. The molecule has 0 saturated carbocycles. The molecule has 1 aromatic carbocycles. The van der Waals surface area contributed by atoms with Gasteiger partial charge >= 0.3 is 5.97 Å². The number of oxazole rings is 1. The van der Waals surface area contributed by atoms with E-state index in [0.717, 1.165) is 0 Å². The molecule has 0 aliphatic rings. The van der Waals surface area contributed by atoms with Gasteiger partial charge in [0.15, 0.2) is 16.7 Å². The number of ether oxygens (including phenoxy) is 1. The highest BCUT2D eigenvalue weighted by molar-refractivity contribution is 6.30. The third-order valence-electron chi connectivity index (χ3n) is 4.17. The first kappa shape index (κ1) is 20.6. The summed E-state index contributed by atoms with van der Waals surface area (Å²) < 4.78 is 10.7. The molecule has 0 radical (unpaired) electrons. The molecule has 2 aromatic heterocycles. The number of anilines is 1. The molecule has 0 unspecified atom stereocenters. The van der Waals surface area contributed by atoms with Crippen molar-refractivity contribution in [2.45, 2.75) is 33.6 Å². The minimum atomic E-state index is -0.508. The van der Waals surface area contributed by atoms with Gasteiger partial charge in [-0.1, -0.05) is 25.4 Å². The van der Waals surface area contributed by atoms with E-state index in [0.29, 0.717) is 46.6 Å². The minimum Gasteiger partial charge on any atom is -0.461 e. The van der Waals surface area contributed by atoms with E-state index < -0.39 is 11.9 Å². The summed E-state index contributed by atoms with van der Waals surface area (Å²) in [6.45, 7) is 5.78. The Kier molecular flexibility index (Phi) is 6.33. The van der Waals surface area contributed by atoms with Gasteiger partial charge in [0.25, 0.3) is 5.91 Å². The molecule has 2 N–H and O–H groups in total. The molecule has 9 heteroatoms. The van der Waals surface area contributed by atoms with Gasteiger partial charge in [0.2, 0.25) is 5.89 Å². The lowest BCUT2D eigenvalue weighted by atomic mass is 10.2. The lowest BCUT2D eigenvalue weighted by Gasteiger charge is -2.03. The Morgan fingerprint density at radius 1 is 1.14 bits per heavy atom. The first-order chi connectivity index (χ1) is 14.0. The van der Waals surface area contributed by atoms with E-state index in [1.165, 1.54) is 0 Å². The average molecular weight is 417 g/mol. The molecule has 2 heterocycles. The number of aromatic amines is 1. The number of benzene rings is 1. The summed E-state index contributed by atoms with van der Waals surface area (Å²) in [5, 5.41) is 3.04. The molecule has 0 aliphatic heterocycles. The fraction of sp³-hybridized carbons (Fsp3) is 0.300. The summed E-state index contributed by atoms with van der Waals surface area (Å²) in [7, 11) is 0. The van der Waals surface area contributed by atoms with Gasteiger partial charge in [-0.15, -0.1) is 0 Å². The number of imidazole rings is 1. The monoisotopic (exact) mass is 416 g/mol. The van der Waals surface area contributed by atoms with E-state index in [4.69, 9.17) is 20.8 Å². The van der Waals surface area contributed by atoms with Gasteiger partial charge in [-0.05, 0) is 37.6 Å². The van der Waals surface area contributed by atoms with Crippen LogP contribution in [0.2, 0.25) is 5.15 Å². The van der Waals surface area contributed by atoms with E-state index >= 15 is 0 Å². The first-order valence-corrected chi connectivity index (χ1v) is 9.67. The molecule has 0 atom stereocenters. The Labute approximate surface area is 172 Å². The van der Waals surface area contributed by atoms with Crippen molar-refractivity contribution in [3.05, 3.63) is 52.4 Å². The van der Waals surface area contributed by atoms with Crippen LogP contribution in [0.25, 0.3) is 11.5 Å². The molecule has 0 spiro atoms. The Balaban J connectivity index is 1.76. The molecule has 152 valence electrons. The molecule has 8 nitrogen and oxygen atoms in total. The highest BCUT2D eigenvalue weighted by Gasteiger charge is 2.21. The van der Waals surface area contributed by atoms with Crippen LogP contribution in [0.5, 0.6) is 0 Å². The lowest BCUT2D eigenvalue weighted by Crippen LogP contribution is -2.13. The zero-order chi connectivity index (χ0) is 21.0. The number of hydrogen-bond acceptors (Lipinski definition) is 6. The number of amides is 1. The van der Waals surface area contributed by atoms with Crippen LogP contribution in [0.1, 0.15) is 53.3 Å². The summed E-state index contributed by atoms with van der Waals surface area (Å²) in [5.41, 5.74) is 2.13. The zero-order valence-corrected chi connectivity index (χ0v) is 17.1. The van der Waals surface area contributed by atoms with Gasteiger partial charge < -0.3 is 19.5 Å². The molecule has 3 rings (SSSR count). The molecule has 29 heavy (non-hydrogen) atoms. The SMILES string of the molecule is CCOC(=O)c1nc(-c2ccc(NC(=O)c3nc(Cl)c(CC)[nH]3)cc2)oc1CC. The van der Waals surface area contributed by atoms with E-state index in [9.17, 15) is 9.59 Å². The Morgan fingerprint density at radius 3 is 2.45 bits per heavy atom. The second-order valence-electron chi connectivity index (χ2n) is 6.10. The standard InChI is InChI=1S/C20H21ClN4O4/c1-4-13-16(21)25-17(23-13)18(26)22-12-9-7-11(8-10-12)19-24-15(14(5-2)29-19)20(27)28-6-3/h7-10H,4-6H2,1-3H3,(H,22,26)(H,23,25). The maximum absolute atomic E-state index is 12.3. The molecule has 0 aliphatic carbocycles. The maximum Gasteiger partial charge on any atom is 0.360 e. The van der Waals surface area contributed by atoms with Crippen molar-refractivity contribution < 1.29 is 18.7 Å². The highest BCUT2D eigenvalue weighted by Crippen LogP contribution is 2.25. The van der Waals surface area contributed by atoms with Crippen LogP contribution in [0.3, 0.4) is 0 Å². The normalized spacial score (nSPS) is 10.8. The number of rotatable bonds is 7. The molecular weight excluding hydrogens is 396 g/mol. The Morgan fingerprint density at radius 2 is 1.86 bits per heavy atom. The van der Waals surface area contributed by atoms with Crippen LogP contribution in [0.15, 0.2) is 28.7 Å². The second-order valence-corrected chi connectivity index (χ2v) is 6.46. The van der Waals surface area contributed by atoms with Crippen molar-refractivity contribution in [3.63, 3.8) is 0 Å². The number of nitrogens with zero attached hydrogens (tertiary/aromatic N) is 2. The molecule has 3 aromatic rings. The minimum absolute atomic E-state index is 0.148. The van der Waals surface area contributed by atoms with Crippen LogP contribution in [0, 0.1) is 0 Å². The Bertz CT molecular complexity index is 1020. The van der Waals surface area contributed by atoms with Crippen LogP contribution in [0.4, 0.5) is 5.69 Å². The van der Waals surface area contributed by atoms with Gasteiger partial charge in [0, 0.05) is 17.7 Å². The fourth-order valence-corrected chi connectivity index (χ4v) is 2.96. The third-order valence-corrected chi connectivity index (χ3v) is 4.49. The average Bonchev–Trinajstić information content (AvgIpc) is 3.32. The number of H-pyrrole nitrogens is 1. The number of halogens is 1. The summed E-state index contributed by atoms with van der Waals surface area (Å²) in [4.78, 5) is 35.5. The van der Waals surface area contributed by atoms with E-state index in [-0.39, 0.29) is 18.1 Å². The van der Waals surface area contributed by atoms with Crippen LogP contribution < -0.4 is 5.32 Å². The number of esters is 1. The number of nitrogens with one attached hydrogen (secondary N) is 2. The van der Waals surface area contributed by atoms with Crippen molar-refractivity contribution in [1.29, 1.82) is 0 Å². The van der Waals surface area contributed by atoms with Gasteiger partial charge in [-0.25, -0.2) is 14.8 Å². The van der Waals surface area contributed by atoms with Gasteiger partial charge in [0.05, 0.1) is 12.3 Å². The third kappa shape index (κ3) is 4.48.